The largest absolute Gasteiger partial charge is 0.417 e. The van der Waals surface area contributed by atoms with Crippen LogP contribution in [0.25, 0.3) is 11.4 Å². The molecule has 3 nitrogen and oxygen atoms in total. The van der Waals surface area contributed by atoms with Crippen molar-refractivity contribution in [1.29, 1.82) is 0 Å². The van der Waals surface area contributed by atoms with E-state index in [1.165, 1.54) is 18.3 Å². The first-order valence-electron chi connectivity index (χ1n) is 4.93. The second-order valence-corrected chi connectivity index (χ2v) is 4.04. The summed E-state index contributed by atoms with van der Waals surface area (Å²) in [6, 6.07) is 3.44. The number of nitrogens with one attached hydrogen (secondary N) is 1. The number of halogens is 4. The highest BCUT2D eigenvalue weighted by Gasteiger charge is 2.34. The van der Waals surface area contributed by atoms with E-state index in [2.05, 4.69) is 9.97 Å². The highest BCUT2D eigenvalue weighted by atomic mass is 35.5. The van der Waals surface area contributed by atoms with Crippen LogP contribution < -0.4 is 0 Å². The molecule has 0 atom stereocenters. The van der Waals surface area contributed by atoms with E-state index in [1.807, 2.05) is 0 Å². The molecule has 0 unspecified atom stereocenters. The predicted molar refractivity (Wildman–Crippen MR) is 60.0 cm³/mol. The minimum absolute atomic E-state index is 0.0000118. The van der Waals surface area contributed by atoms with Gasteiger partial charge in [-0.05, 0) is 18.2 Å². The summed E-state index contributed by atoms with van der Waals surface area (Å²) in [6.07, 6.45) is -3.24. The fourth-order valence-electron chi connectivity index (χ4n) is 1.53. The van der Waals surface area contributed by atoms with Gasteiger partial charge < -0.3 is 10.1 Å². The minimum atomic E-state index is -4.52. The highest BCUT2D eigenvalue weighted by Crippen LogP contribution is 2.37. The highest BCUT2D eigenvalue weighted by molar-refractivity contribution is 6.30. The molecular formula is C11H8ClF3N2O. The summed E-state index contributed by atoms with van der Waals surface area (Å²) >= 11 is 5.57. The monoisotopic (exact) mass is 276 g/mol. The maximum Gasteiger partial charge on any atom is 0.417 e. The lowest BCUT2D eigenvalue weighted by atomic mass is 10.1. The lowest BCUT2D eigenvalue weighted by Crippen LogP contribution is -2.07. The smallest absolute Gasteiger partial charge is 0.390 e. The number of aromatic amines is 1. The lowest BCUT2D eigenvalue weighted by molar-refractivity contribution is -0.137. The zero-order chi connectivity index (χ0) is 13.3. The summed E-state index contributed by atoms with van der Waals surface area (Å²) in [7, 11) is 0. The summed E-state index contributed by atoms with van der Waals surface area (Å²) in [5.74, 6) is 0.0445. The van der Waals surface area contributed by atoms with Crippen molar-refractivity contribution in [3.05, 3.63) is 40.7 Å². The topological polar surface area (TPSA) is 48.9 Å². The van der Waals surface area contributed by atoms with Gasteiger partial charge in [-0.25, -0.2) is 4.98 Å². The average molecular weight is 277 g/mol. The van der Waals surface area contributed by atoms with Crippen LogP contribution in [-0.2, 0) is 12.8 Å². The lowest BCUT2D eigenvalue weighted by Gasteiger charge is -2.11. The molecule has 0 aliphatic carbocycles. The van der Waals surface area contributed by atoms with Crippen molar-refractivity contribution in [1.82, 2.24) is 9.97 Å². The maximum atomic E-state index is 12.9. The van der Waals surface area contributed by atoms with Crippen LogP contribution in [0.5, 0.6) is 0 Å². The fourth-order valence-corrected chi connectivity index (χ4v) is 1.71. The molecule has 0 spiro atoms. The molecule has 2 aromatic rings. The van der Waals surface area contributed by atoms with Gasteiger partial charge in [-0.2, -0.15) is 13.2 Å². The fraction of sp³-hybridized carbons (Fsp3) is 0.182. The van der Waals surface area contributed by atoms with Gasteiger partial charge in [0.25, 0.3) is 0 Å². The minimum Gasteiger partial charge on any atom is -0.390 e. The van der Waals surface area contributed by atoms with E-state index < -0.39 is 11.7 Å². The third-order valence-electron chi connectivity index (χ3n) is 2.34. The van der Waals surface area contributed by atoms with E-state index >= 15 is 0 Å². The number of rotatable bonds is 2. The summed E-state index contributed by atoms with van der Waals surface area (Å²) < 4.78 is 38.6. The number of benzene rings is 1. The van der Waals surface area contributed by atoms with Gasteiger partial charge in [-0.1, -0.05) is 11.6 Å². The summed E-state index contributed by atoms with van der Waals surface area (Å²) in [5, 5.41) is 8.86. The molecule has 0 saturated heterocycles. The first kappa shape index (κ1) is 12.9. The third kappa shape index (κ3) is 2.49. The molecule has 0 bridgehead atoms. The van der Waals surface area contributed by atoms with Crippen molar-refractivity contribution < 1.29 is 18.3 Å². The second-order valence-electron chi connectivity index (χ2n) is 3.60. The number of hydrogen-bond acceptors (Lipinski definition) is 2. The molecule has 96 valence electrons. The quantitative estimate of drug-likeness (QED) is 0.885. The molecule has 0 saturated carbocycles. The van der Waals surface area contributed by atoms with Gasteiger partial charge in [0.1, 0.15) is 5.82 Å². The van der Waals surface area contributed by atoms with Crippen LogP contribution >= 0.6 is 11.6 Å². The van der Waals surface area contributed by atoms with Crippen molar-refractivity contribution in [2.24, 2.45) is 0 Å². The van der Waals surface area contributed by atoms with E-state index in [4.69, 9.17) is 16.7 Å². The van der Waals surface area contributed by atoms with Gasteiger partial charge >= 0.3 is 6.18 Å². The van der Waals surface area contributed by atoms with Gasteiger partial charge in [0.15, 0.2) is 0 Å². The molecule has 0 radical (unpaired) electrons. The molecule has 1 heterocycles. The Balaban J connectivity index is 2.56. The molecule has 2 N–H and O–H groups in total. The van der Waals surface area contributed by atoms with Gasteiger partial charge in [0, 0.05) is 10.6 Å². The van der Waals surface area contributed by atoms with Crippen LogP contribution in [0.15, 0.2) is 24.4 Å². The summed E-state index contributed by atoms with van der Waals surface area (Å²) in [6.45, 7) is -0.318. The Morgan fingerprint density at radius 2 is 2.06 bits per heavy atom. The van der Waals surface area contributed by atoms with Crippen LogP contribution in [0.3, 0.4) is 0 Å². The summed E-state index contributed by atoms with van der Waals surface area (Å²) in [5.41, 5.74) is -0.631. The number of imidazole rings is 1. The van der Waals surface area contributed by atoms with E-state index in [0.29, 0.717) is 5.69 Å². The van der Waals surface area contributed by atoms with E-state index in [0.717, 1.165) is 6.07 Å². The first-order valence-corrected chi connectivity index (χ1v) is 5.31. The number of aliphatic hydroxyl groups is 1. The number of nitrogens with zero attached hydrogens (tertiary/aromatic N) is 1. The Morgan fingerprint density at radius 1 is 1.33 bits per heavy atom. The molecule has 0 fully saturated rings. The molecule has 0 aliphatic heterocycles. The van der Waals surface area contributed by atoms with E-state index in [-0.39, 0.29) is 23.0 Å². The van der Waals surface area contributed by atoms with Gasteiger partial charge in [0.05, 0.1) is 24.1 Å². The number of hydrogen-bond donors (Lipinski definition) is 2. The second kappa shape index (κ2) is 4.62. The zero-order valence-corrected chi connectivity index (χ0v) is 9.68. The first-order chi connectivity index (χ1) is 8.41. The van der Waals surface area contributed by atoms with Crippen LogP contribution in [0.2, 0.25) is 5.02 Å². The molecule has 2 rings (SSSR count). The number of aromatic nitrogens is 2. The van der Waals surface area contributed by atoms with Crippen molar-refractivity contribution in [2.45, 2.75) is 12.8 Å². The Morgan fingerprint density at radius 3 is 2.61 bits per heavy atom. The average Bonchev–Trinajstić information content (AvgIpc) is 2.76. The Labute approximate surface area is 105 Å². The van der Waals surface area contributed by atoms with Crippen molar-refractivity contribution >= 4 is 11.6 Å². The van der Waals surface area contributed by atoms with E-state index in [1.54, 1.807) is 0 Å². The number of aliphatic hydroxyl groups excluding tert-OH is 1. The Kier molecular flexibility index (Phi) is 3.32. The van der Waals surface area contributed by atoms with Gasteiger partial charge in [-0.3, -0.25) is 0 Å². The van der Waals surface area contributed by atoms with Crippen LogP contribution in [0.1, 0.15) is 11.3 Å². The van der Waals surface area contributed by atoms with Crippen molar-refractivity contribution in [3.8, 4) is 11.4 Å². The molecule has 0 aliphatic rings. The Hall–Kier alpha value is -1.53. The predicted octanol–water partition coefficient (Wildman–Crippen LogP) is 3.24. The maximum absolute atomic E-state index is 12.9. The molecule has 1 aromatic carbocycles. The standard InChI is InChI=1S/C11H8ClF3N2O/c12-6-1-2-8(9(3-6)11(13,14)15)10-16-4-7(5-18)17-10/h1-4,18H,5H2,(H,16,17). The number of alkyl halides is 3. The van der Waals surface area contributed by atoms with Crippen molar-refractivity contribution in [3.63, 3.8) is 0 Å². The van der Waals surface area contributed by atoms with Crippen LogP contribution in [-0.4, -0.2) is 15.1 Å². The molecule has 18 heavy (non-hydrogen) atoms. The SMILES string of the molecule is OCc1cnc(-c2ccc(Cl)cc2C(F)(F)F)[nH]1. The molecule has 1 aromatic heterocycles. The third-order valence-corrected chi connectivity index (χ3v) is 2.58. The normalized spacial score (nSPS) is 11.8. The Bertz CT molecular complexity index is 566. The van der Waals surface area contributed by atoms with Gasteiger partial charge in [-0.15, -0.1) is 0 Å². The molecular weight excluding hydrogens is 269 g/mol. The van der Waals surface area contributed by atoms with Crippen LogP contribution in [0.4, 0.5) is 13.2 Å². The molecule has 7 heteroatoms. The van der Waals surface area contributed by atoms with Crippen molar-refractivity contribution in [2.75, 3.05) is 0 Å². The number of H-pyrrole nitrogens is 1. The van der Waals surface area contributed by atoms with Gasteiger partial charge in [0.2, 0.25) is 0 Å². The molecule has 0 amide bonds. The van der Waals surface area contributed by atoms with Crippen LogP contribution in [0, 0.1) is 0 Å². The summed E-state index contributed by atoms with van der Waals surface area (Å²) in [4.78, 5) is 6.41. The zero-order valence-electron chi connectivity index (χ0n) is 8.92. The van der Waals surface area contributed by atoms with E-state index in [9.17, 15) is 13.2 Å².